The van der Waals surface area contributed by atoms with Crippen molar-refractivity contribution in [3.8, 4) is 28.6 Å². The third-order valence-corrected chi connectivity index (χ3v) is 5.75. The van der Waals surface area contributed by atoms with Crippen LogP contribution < -0.4 is 4.74 Å². The van der Waals surface area contributed by atoms with Crippen molar-refractivity contribution < 1.29 is 14.1 Å². The van der Waals surface area contributed by atoms with Crippen molar-refractivity contribution in [3.05, 3.63) is 48.2 Å². The van der Waals surface area contributed by atoms with Crippen LogP contribution in [-0.2, 0) is 0 Å². The molecule has 3 heterocycles. The highest BCUT2D eigenvalue weighted by atomic mass is 16.5. The molecule has 7 heteroatoms. The van der Waals surface area contributed by atoms with E-state index in [-0.39, 0.29) is 5.78 Å². The molecule has 0 saturated heterocycles. The van der Waals surface area contributed by atoms with Crippen LogP contribution in [0, 0.1) is 0 Å². The predicted octanol–water partition coefficient (Wildman–Crippen LogP) is 4.80. The fraction of sp³-hybridized carbons (Fsp3) is 0.273. The molecule has 0 amide bonds. The first-order valence-electron chi connectivity index (χ1n) is 9.74. The van der Waals surface area contributed by atoms with Gasteiger partial charge < -0.3 is 9.26 Å². The molecule has 7 nitrogen and oxygen atoms in total. The van der Waals surface area contributed by atoms with Crippen molar-refractivity contribution in [1.29, 1.82) is 0 Å². The Morgan fingerprint density at radius 3 is 2.76 bits per heavy atom. The molecule has 146 valence electrons. The lowest BCUT2D eigenvalue weighted by molar-refractivity contribution is 0.0350. The zero-order valence-corrected chi connectivity index (χ0v) is 16.2. The number of Topliss-reactive ketones (excluding diaryl/α,β-unsaturated/α-hetero) is 1. The number of rotatable bonds is 4. The highest BCUT2D eigenvalue weighted by molar-refractivity contribution is 6.01. The number of carbonyl (C=O) groups excluding carboxylic acids is 1. The SMILES string of the molecule is CCC1(CC)CC(=O)c2cc(-c3nc(-c4ccc5[nH]ncc5c4)no3)ccc2O1. The molecule has 0 aliphatic carbocycles. The molecule has 0 saturated carbocycles. The Kier molecular flexibility index (Phi) is 3.97. The number of H-pyrrole nitrogens is 1. The van der Waals surface area contributed by atoms with Crippen molar-refractivity contribution in [3.63, 3.8) is 0 Å². The van der Waals surface area contributed by atoms with Gasteiger partial charge in [0.05, 0.1) is 23.7 Å². The standard InChI is InChI=1S/C22H20N4O3/c1-3-22(4-2)11-18(27)16-10-14(6-8-19(16)28-22)21-24-20(26-29-21)13-5-7-17-15(9-13)12-23-25-17/h5-10,12H,3-4,11H2,1-2H3,(H,23,25). The maximum atomic E-state index is 12.8. The summed E-state index contributed by atoms with van der Waals surface area (Å²) in [6, 6.07) is 11.2. The first-order chi connectivity index (χ1) is 14.1. The van der Waals surface area contributed by atoms with Gasteiger partial charge in [-0.15, -0.1) is 0 Å². The maximum absolute atomic E-state index is 12.8. The van der Waals surface area contributed by atoms with E-state index >= 15 is 0 Å². The highest BCUT2D eigenvalue weighted by Gasteiger charge is 2.37. The van der Waals surface area contributed by atoms with E-state index in [1.807, 2.05) is 30.3 Å². The van der Waals surface area contributed by atoms with Crippen LogP contribution >= 0.6 is 0 Å². The maximum Gasteiger partial charge on any atom is 0.258 e. The Bertz CT molecular complexity index is 1220. The number of benzene rings is 2. The lowest BCUT2D eigenvalue weighted by Crippen LogP contribution is -2.40. The molecule has 4 aromatic rings. The molecule has 2 aromatic carbocycles. The van der Waals surface area contributed by atoms with E-state index in [0.717, 1.165) is 29.3 Å². The van der Waals surface area contributed by atoms with E-state index in [4.69, 9.17) is 9.26 Å². The van der Waals surface area contributed by atoms with Crippen LogP contribution in [0.5, 0.6) is 5.75 Å². The average molecular weight is 388 g/mol. The second kappa shape index (κ2) is 6.55. The van der Waals surface area contributed by atoms with E-state index in [9.17, 15) is 4.79 Å². The monoisotopic (exact) mass is 388 g/mol. The van der Waals surface area contributed by atoms with Gasteiger partial charge >= 0.3 is 0 Å². The molecule has 1 N–H and O–H groups in total. The molecular weight excluding hydrogens is 368 g/mol. The minimum atomic E-state index is -0.408. The van der Waals surface area contributed by atoms with Crippen LogP contribution in [0.1, 0.15) is 43.5 Å². The molecule has 0 fully saturated rings. The lowest BCUT2D eigenvalue weighted by atomic mass is 9.85. The molecule has 2 aromatic heterocycles. The Morgan fingerprint density at radius 1 is 1.10 bits per heavy atom. The summed E-state index contributed by atoms with van der Waals surface area (Å²) < 4.78 is 11.7. The van der Waals surface area contributed by atoms with Gasteiger partial charge in [-0.1, -0.05) is 19.0 Å². The predicted molar refractivity (Wildman–Crippen MR) is 108 cm³/mol. The average Bonchev–Trinajstić information content (AvgIpc) is 3.42. The van der Waals surface area contributed by atoms with Crippen molar-refractivity contribution in [2.45, 2.75) is 38.7 Å². The number of ketones is 1. The van der Waals surface area contributed by atoms with Gasteiger partial charge in [-0.25, -0.2) is 0 Å². The fourth-order valence-electron chi connectivity index (χ4n) is 3.81. The molecule has 1 aliphatic heterocycles. The molecule has 0 radical (unpaired) electrons. The summed E-state index contributed by atoms with van der Waals surface area (Å²) in [4.78, 5) is 17.3. The van der Waals surface area contributed by atoms with Crippen molar-refractivity contribution in [2.75, 3.05) is 0 Å². The molecule has 29 heavy (non-hydrogen) atoms. The van der Waals surface area contributed by atoms with Crippen LogP contribution in [0.25, 0.3) is 33.7 Å². The van der Waals surface area contributed by atoms with Crippen LogP contribution in [-0.4, -0.2) is 31.7 Å². The summed E-state index contributed by atoms with van der Waals surface area (Å²) in [5.74, 6) is 1.56. The minimum Gasteiger partial charge on any atom is -0.486 e. The van der Waals surface area contributed by atoms with Crippen molar-refractivity contribution in [2.24, 2.45) is 0 Å². The number of hydrogen-bond donors (Lipinski definition) is 1. The first-order valence-corrected chi connectivity index (χ1v) is 9.74. The second-order valence-electron chi connectivity index (χ2n) is 7.40. The van der Waals surface area contributed by atoms with Crippen LogP contribution in [0.3, 0.4) is 0 Å². The number of nitrogens with zero attached hydrogens (tertiary/aromatic N) is 3. The smallest absolute Gasteiger partial charge is 0.258 e. The highest BCUT2D eigenvalue weighted by Crippen LogP contribution is 2.39. The number of carbonyl (C=O) groups is 1. The van der Waals surface area contributed by atoms with Gasteiger partial charge in [-0.2, -0.15) is 10.1 Å². The Hall–Kier alpha value is -3.48. The molecule has 0 unspecified atom stereocenters. The zero-order valence-electron chi connectivity index (χ0n) is 16.2. The number of nitrogens with one attached hydrogen (secondary N) is 1. The van der Waals surface area contributed by atoms with Gasteiger partial charge in [0.15, 0.2) is 5.78 Å². The summed E-state index contributed by atoms with van der Waals surface area (Å²) in [6.07, 6.45) is 3.73. The molecule has 1 aliphatic rings. The quantitative estimate of drug-likeness (QED) is 0.539. The first kappa shape index (κ1) is 17.6. The number of ether oxygens (including phenoxy) is 1. The number of hydrogen-bond acceptors (Lipinski definition) is 6. The third-order valence-electron chi connectivity index (χ3n) is 5.75. The van der Waals surface area contributed by atoms with Gasteiger partial charge in [0.2, 0.25) is 5.82 Å². The van der Waals surface area contributed by atoms with Gasteiger partial charge in [0.25, 0.3) is 5.89 Å². The summed E-state index contributed by atoms with van der Waals surface area (Å²) >= 11 is 0. The zero-order chi connectivity index (χ0) is 20.0. The molecule has 0 atom stereocenters. The van der Waals surface area contributed by atoms with Gasteiger partial charge in [0, 0.05) is 16.5 Å². The van der Waals surface area contributed by atoms with E-state index < -0.39 is 5.60 Å². The summed E-state index contributed by atoms with van der Waals surface area (Å²) in [5.41, 5.74) is 2.64. The Balaban J connectivity index is 1.48. The molecule has 5 rings (SSSR count). The summed E-state index contributed by atoms with van der Waals surface area (Å²) in [5, 5.41) is 12.0. The van der Waals surface area contributed by atoms with E-state index in [1.165, 1.54) is 0 Å². The van der Waals surface area contributed by atoms with Gasteiger partial charge in [-0.05, 0) is 49.2 Å². The van der Waals surface area contributed by atoms with E-state index in [1.54, 1.807) is 12.3 Å². The summed E-state index contributed by atoms with van der Waals surface area (Å²) in [7, 11) is 0. The lowest BCUT2D eigenvalue weighted by Gasteiger charge is -2.36. The largest absolute Gasteiger partial charge is 0.486 e. The molecule has 0 bridgehead atoms. The number of aromatic nitrogens is 4. The minimum absolute atomic E-state index is 0.0851. The van der Waals surface area contributed by atoms with Crippen molar-refractivity contribution in [1.82, 2.24) is 20.3 Å². The molecular formula is C22H20N4O3. The number of fused-ring (bicyclic) bond motifs is 2. The topological polar surface area (TPSA) is 93.9 Å². The van der Waals surface area contributed by atoms with Gasteiger partial charge in [0.1, 0.15) is 11.4 Å². The Labute approximate surface area is 167 Å². The number of aromatic amines is 1. The van der Waals surface area contributed by atoms with E-state index in [2.05, 4.69) is 34.2 Å². The molecule has 0 spiro atoms. The third kappa shape index (κ3) is 2.90. The second-order valence-corrected chi connectivity index (χ2v) is 7.40. The van der Waals surface area contributed by atoms with Crippen LogP contribution in [0.2, 0.25) is 0 Å². The summed E-state index contributed by atoms with van der Waals surface area (Å²) in [6.45, 7) is 4.11. The normalized spacial score (nSPS) is 15.3. The van der Waals surface area contributed by atoms with Crippen LogP contribution in [0.15, 0.2) is 47.1 Å². The van der Waals surface area contributed by atoms with Gasteiger partial charge in [-0.3, -0.25) is 9.89 Å². The van der Waals surface area contributed by atoms with Crippen molar-refractivity contribution >= 4 is 16.7 Å². The van der Waals surface area contributed by atoms with E-state index in [0.29, 0.717) is 35.0 Å². The fourth-order valence-corrected chi connectivity index (χ4v) is 3.81. The Morgan fingerprint density at radius 2 is 1.93 bits per heavy atom. The van der Waals surface area contributed by atoms with Crippen LogP contribution in [0.4, 0.5) is 0 Å².